The molecular weight excluding hydrogens is 97.0 g/mol. The van der Waals surface area contributed by atoms with Crippen LogP contribution in [0.15, 0.2) is 12.7 Å². The maximum Gasteiger partial charge on any atom is 0.138 e. The molecule has 0 amide bonds. The van der Waals surface area contributed by atoms with Gasteiger partial charge in [-0.25, -0.2) is 9.44 Å². The first-order chi connectivity index (χ1) is 2.89. The highest BCUT2D eigenvalue weighted by Gasteiger charge is 1.70. The maximum atomic E-state index is 3.69. The smallest absolute Gasteiger partial charge is 0.138 e. The predicted molar refractivity (Wildman–Crippen MR) is 25.1 cm³/mol. The molecule has 3 nitrogen and oxygen atoms in total. The van der Waals surface area contributed by atoms with Crippen molar-refractivity contribution in [3.05, 3.63) is 12.7 Å². The monoisotopic (exact) mass is 101 g/mol. The number of hydrogen-bond acceptors (Lipinski definition) is 2. The SMILES string of the molecule is Pn1cncn1. The highest BCUT2D eigenvalue weighted by molar-refractivity contribution is 7.14. The zero-order chi connectivity index (χ0) is 4.41. The van der Waals surface area contributed by atoms with Gasteiger partial charge in [0.1, 0.15) is 12.7 Å². The Bertz CT molecular complexity index is 112. The first kappa shape index (κ1) is 3.75. The first-order valence-electron chi connectivity index (χ1n) is 1.49. The minimum Gasteiger partial charge on any atom is -0.239 e. The lowest BCUT2D eigenvalue weighted by Crippen LogP contribution is -1.72. The van der Waals surface area contributed by atoms with E-state index in [9.17, 15) is 0 Å². The van der Waals surface area contributed by atoms with Crippen LogP contribution in [0, 0.1) is 0 Å². The highest BCUT2D eigenvalue weighted by Crippen LogP contribution is 1.81. The molecule has 0 spiro atoms. The second kappa shape index (κ2) is 1.35. The van der Waals surface area contributed by atoms with Crippen molar-refractivity contribution in [3.63, 3.8) is 0 Å². The summed E-state index contributed by atoms with van der Waals surface area (Å²) in [6, 6.07) is 0. The van der Waals surface area contributed by atoms with Crippen molar-refractivity contribution < 1.29 is 0 Å². The van der Waals surface area contributed by atoms with Crippen molar-refractivity contribution in [1.29, 1.82) is 0 Å². The molecule has 0 bridgehead atoms. The van der Waals surface area contributed by atoms with E-state index >= 15 is 0 Å². The molecule has 0 saturated heterocycles. The van der Waals surface area contributed by atoms with Crippen LogP contribution < -0.4 is 0 Å². The summed E-state index contributed by atoms with van der Waals surface area (Å²) >= 11 is 0. The van der Waals surface area contributed by atoms with Crippen LogP contribution in [-0.4, -0.2) is 14.5 Å². The first-order valence-corrected chi connectivity index (χ1v) is 2.01. The van der Waals surface area contributed by atoms with Gasteiger partial charge >= 0.3 is 0 Å². The maximum absolute atomic E-state index is 3.69. The van der Waals surface area contributed by atoms with E-state index in [1.165, 1.54) is 6.33 Å². The highest BCUT2D eigenvalue weighted by atomic mass is 31.0. The summed E-state index contributed by atoms with van der Waals surface area (Å²) in [4.78, 5) is 3.65. The van der Waals surface area contributed by atoms with E-state index in [1.807, 2.05) is 0 Å². The predicted octanol–water partition coefficient (Wildman–Crippen LogP) is -0.0837. The van der Waals surface area contributed by atoms with Gasteiger partial charge < -0.3 is 0 Å². The van der Waals surface area contributed by atoms with Crippen LogP contribution in [0.5, 0.6) is 0 Å². The molecule has 0 aliphatic heterocycles. The minimum absolute atomic E-state index is 1.48. The number of hydrogen-bond donors (Lipinski definition) is 0. The Balaban J connectivity index is 3.05. The molecule has 1 heterocycles. The summed E-state index contributed by atoms with van der Waals surface area (Å²) in [5.41, 5.74) is 0. The minimum atomic E-state index is 1.48. The molecule has 1 atom stereocenters. The van der Waals surface area contributed by atoms with Gasteiger partial charge in [0.15, 0.2) is 0 Å². The van der Waals surface area contributed by atoms with Crippen LogP contribution in [0.4, 0.5) is 0 Å². The molecule has 0 aliphatic rings. The fourth-order valence-electron chi connectivity index (χ4n) is 0.217. The van der Waals surface area contributed by atoms with Crippen molar-refractivity contribution in [2.24, 2.45) is 0 Å². The third kappa shape index (κ3) is 0.546. The number of nitrogens with zero attached hydrogens (tertiary/aromatic N) is 3. The molecule has 4 heteroatoms. The van der Waals surface area contributed by atoms with E-state index in [-0.39, 0.29) is 0 Å². The molecule has 0 fully saturated rings. The molecule has 0 aliphatic carbocycles. The van der Waals surface area contributed by atoms with E-state index < -0.39 is 0 Å². The van der Waals surface area contributed by atoms with Gasteiger partial charge in [0.25, 0.3) is 0 Å². The largest absolute Gasteiger partial charge is 0.239 e. The zero-order valence-electron chi connectivity index (χ0n) is 3.07. The van der Waals surface area contributed by atoms with Gasteiger partial charge in [0.05, 0.1) is 0 Å². The summed E-state index contributed by atoms with van der Waals surface area (Å²) < 4.78 is 1.56. The molecule has 1 unspecified atom stereocenters. The van der Waals surface area contributed by atoms with Crippen molar-refractivity contribution in [1.82, 2.24) is 14.5 Å². The van der Waals surface area contributed by atoms with Gasteiger partial charge in [0.2, 0.25) is 0 Å². The molecule has 0 radical (unpaired) electrons. The van der Waals surface area contributed by atoms with Crippen LogP contribution in [0.1, 0.15) is 0 Å². The molecule has 6 heavy (non-hydrogen) atoms. The number of aromatic nitrogens is 3. The van der Waals surface area contributed by atoms with E-state index in [1.54, 1.807) is 10.8 Å². The molecular formula is C2H4N3P. The molecule has 0 aromatic carbocycles. The third-order valence-corrected chi connectivity index (χ3v) is 0.703. The van der Waals surface area contributed by atoms with Gasteiger partial charge in [-0.1, -0.05) is 0 Å². The second-order valence-electron chi connectivity index (χ2n) is 0.875. The summed E-state index contributed by atoms with van der Waals surface area (Å²) in [5, 5.41) is 3.69. The molecule has 0 saturated carbocycles. The Morgan fingerprint density at radius 2 is 2.50 bits per heavy atom. The summed E-state index contributed by atoms with van der Waals surface area (Å²) in [7, 11) is 2.36. The zero-order valence-corrected chi connectivity index (χ0v) is 4.23. The standard InChI is InChI=1S/C2H4N3P/c6-5-2-3-1-4-5/h1-2H,6H2. The lowest BCUT2D eigenvalue weighted by Gasteiger charge is -1.74. The van der Waals surface area contributed by atoms with E-state index in [0.717, 1.165) is 0 Å². The lowest BCUT2D eigenvalue weighted by atomic mass is 11.3. The molecule has 1 aromatic rings. The van der Waals surface area contributed by atoms with Gasteiger partial charge in [-0.15, -0.1) is 0 Å². The second-order valence-corrected chi connectivity index (χ2v) is 1.40. The Kier molecular flexibility index (Phi) is 0.843. The summed E-state index contributed by atoms with van der Waals surface area (Å²) in [5.74, 6) is 0. The van der Waals surface area contributed by atoms with E-state index in [2.05, 4.69) is 19.5 Å². The fraction of sp³-hybridized carbons (Fsp3) is 0. The Morgan fingerprint density at radius 1 is 1.67 bits per heavy atom. The molecule has 1 aromatic heterocycles. The van der Waals surface area contributed by atoms with Crippen molar-refractivity contribution in [2.45, 2.75) is 0 Å². The van der Waals surface area contributed by atoms with Crippen molar-refractivity contribution >= 4 is 9.39 Å². The van der Waals surface area contributed by atoms with E-state index in [4.69, 9.17) is 0 Å². The average molecular weight is 101 g/mol. The van der Waals surface area contributed by atoms with Gasteiger partial charge in [-0.05, 0) is 9.39 Å². The Morgan fingerprint density at radius 3 is 2.67 bits per heavy atom. The van der Waals surface area contributed by atoms with Crippen molar-refractivity contribution in [3.8, 4) is 0 Å². The number of rotatable bonds is 0. The van der Waals surface area contributed by atoms with Crippen LogP contribution >= 0.6 is 9.39 Å². The fourth-order valence-corrected chi connectivity index (χ4v) is 0.354. The molecule has 0 N–H and O–H groups in total. The topological polar surface area (TPSA) is 30.7 Å². The third-order valence-electron chi connectivity index (χ3n) is 0.437. The van der Waals surface area contributed by atoms with Gasteiger partial charge in [-0.3, -0.25) is 0 Å². The van der Waals surface area contributed by atoms with Crippen LogP contribution in [-0.2, 0) is 0 Å². The lowest BCUT2D eigenvalue weighted by molar-refractivity contribution is 1.01. The van der Waals surface area contributed by atoms with Crippen LogP contribution in [0.2, 0.25) is 0 Å². The van der Waals surface area contributed by atoms with Crippen LogP contribution in [0.3, 0.4) is 0 Å². The van der Waals surface area contributed by atoms with Crippen molar-refractivity contribution in [2.75, 3.05) is 0 Å². The normalized spacial score (nSPS) is 8.83. The quantitative estimate of drug-likeness (QED) is 0.428. The van der Waals surface area contributed by atoms with Gasteiger partial charge in [0, 0.05) is 0 Å². The van der Waals surface area contributed by atoms with Gasteiger partial charge in [-0.2, -0.15) is 5.10 Å². The van der Waals surface area contributed by atoms with Crippen LogP contribution in [0.25, 0.3) is 0 Å². The Labute approximate surface area is 37.6 Å². The molecule has 1 rings (SSSR count). The molecule has 32 valence electrons. The summed E-state index contributed by atoms with van der Waals surface area (Å²) in [6.07, 6.45) is 3.08. The van der Waals surface area contributed by atoms with E-state index in [0.29, 0.717) is 0 Å². The Hall–Kier alpha value is -0.430. The summed E-state index contributed by atoms with van der Waals surface area (Å²) in [6.45, 7) is 0. The average Bonchev–Trinajstić information content (AvgIpc) is 1.86.